The van der Waals surface area contributed by atoms with Crippen molar-refractivity contribution in [3.05, 3.63) is 0 Å². The van der Waals surface area contributed by atoms with Gasteiger partial charge in [-0.05, 0) is 33.6 Å². The SMILES string of the molecule is CCNC(=O)C(C)(C)CCOC(C)(C)CCNC(=O)CCN1C(=O)CC(SCCNC(C)=O)C1=O. The Labute approximate surface area is 213 Å². The van der Waals surface area contributed by atoms with Gasteiger partial charge in [0.25, 0.3) is 0 Å². The maximum atomic E-state index is 12.5. The van der Waals surface area contributed by atoms with Gasteiger partial charge in [-0.15, -0.1) is 11.8 Å². The number of amides is 5. The number of hydrogen-bond acceptors (Lipinski definition) is 7. The Bertz CT molecular complexity index is 771. The molecule has 0 aromatic heterocycles. The molecule has 5 amide bonds. The maximum Gasteiger partial charge on any atom is 0.242 e. The number of carbonyl (C=O) groups is 5. The van der Waals surface area contributed by atoms with Gasteiger partial charge in [-0.3, -0.25) is 28.9 Å². The summed E-state index contributed by atoms with van der Waals surface area (Å²) >= 11 is 1.34. The van der Waals surface area contributed by atoms with Gasteiger partial charge in [0.05, 0.1) is 10.9 Å². The van der Waals surface area contributed by atoms with Crippen LogP contribution in [0.25, 0.3) is 0 Å². The number of rotatable bonds is 16. The highest BCUT2D eigenvalue weighted by Gasteiger charge is 2.38. The molecule has 0 aliphatic carbocycles. The zero-order valence-electron chi connectivity index (χ0n) is 22.0. The maximum absolute atomic E-state index is 12.5. The van der Waals surface area contributed by atoms with E-state index < -0.39 is 16.3 Å². The van der Waals surface area contributed by atoms with Crippen LogP contribution < -0.4 is 16.0 Å². The fourth-order valence-corrected chi connectivity index (χ4v) is 4.45. The van der Waals surface area contributed by atoms with Gasteiger partial charge in [0.2, 0.25) is 29.5 Å². The van der Waals surface area contributed by atoms with Crippen molar-refractivity contribution >= 4 is 41.3 Å². The first kappa shape index (κ1) is 30.9. The van der Waals surface area contributed by atoms with Gasteiger partial charge >= 0.3 is 0 Å². The van der Waals surface area contributed by atoms with E-state index in [0.717, 1.165) is 4.90 Å². The summed E-state index contributed by atoms with van der Waals surface area (Å²) in [4.78, 5) is 61.1. The lowest BCUT2D eigenvalue weighted by Crippen LogP contribution is -2.39. The van der Waals surface area contributed by atoms with Crippen LogP contribution in [0.5, 0.6) is 0 Å². The van der Waals surface area contributed by atoms with Crippen molar-refractivity contribution < 1.29 is 28.7 Å². The Morgan fingerprint density at radius 3 is 2.37 bits per heavy atom. The molecule has 1 atom stereocenters. The summed E-state index contributed by atoms with van der Waals surface area (Å²) in [5.74, 6) is -0.383. The first-order valence-corrected chi connectivity index (χ1v) is 13.2. The van der Waals surface area contributed by atoms with Crippen LogP contribution in [0.15, 0.2) is 0 Å². The molecule has 0 radical (unpaired) electrons. The quantitative estimate of drug-likeness (QED) is 0.208. The van der Waals surface area contributed by atoms with Gasteiger partial charge in [0, 0.05) is 63.7 Å². The third kappa shape index (κ3) is 11.4. The number of nitrogens with one attached hydrogen (secondary N) is 3. The van der Waals surface area contributed by atoms with E-state index in [4.69, 9.17) is 4.74 Å². The molecule has 0 aromatic rings. The molecule has 3 N–H and O–H groups in total. The highest BCUT2D eigenvalue weighted by Crippen LogP contribution is 2.25. The molecule has 0 saturated carbocycles. The van der Waals surface area contributed by atoms with E-state index in [1.165, 1.54) is 18.7 Å². The molecule has 1 rings (SSSR count). The standard InChI is InChI=1S/C24H42N4O6S/c1-7-25-22(33)23(3,4)10-14-34-24(5,6)9-11-27-19(30)8-13-28-20(31)16-18(21(28)32)35-15-12-26-17(2)29/h18H,7-16H2,1-6H3,(H,25,33)(H,26,29)(H,27,30). The number of hydrogen-bond donors (Lipinski definition) is 3. The van der Waals surface area contributed by atoms with Crippen molar-refractivity contribution in [3.8, 4) is 0 Å². The Hall–Kier alpha value is -2.14. The van der Waals surface area contributed by atoms with Gasteiger partial charge in [0.1, 0.15) is 0 Å². The van der Waals surface area contributed by atoms with Gasteiger partial charge in [-0.25, -0.2) is 0 Å². The van der Waals surface area contributed by atoms with E-state index in [0.29, 0.717) is 44.8 Å². The molecule has 35 heavy (non-hydrogen) atoms. The number of ether oxygens (including phenoxy) is 1. The summed E-state index contributed by atoms with van der Waals surface area (Å²) in [6, 6.07) is 0. The Morgan fingerprint density at radius 2 is 1.74 bits per heavy atom. The summed E-state index contributed by atoms with van der Waals surface area (Å²) in [5.41, 5.74) is -0.999. The number of carbonyl (C=O) groups excluding carboxylic acids is 5. The predicted molar refractivity (Wildman–Crippen MR) is 136 cm³/mol. The molecule has 0 spiro atoms. The molecule has 11 heteroatoms. The number of thioether (sulfide) groups is 1. The van der Waals surface area contributed by atoms with Crippen LogP contribution in [0.3, 0.4) is 0 Å². The first-order chi connectivity index (χ1) is 16.3. The first-order valence-electron chi connectivity index (χ1n) is 12.2. The Kier molecular flexibility index (Phi) is 12.7. The molecule has 1 unspecified atom stereocenters. The van der Waals surface area contributed by atoms with Crippen LogP contribution in [0, 0.1) is 5.41 Å². The summed E-state index contributed by atoms with van der Waals surface area (Å²) in [6.45, 7) is 12.9. The zero-order chi connectivity index (χ0) is 26.6. The lowest BCUT2D eigenvalue weighted by Gasteiger charge is -2.29. The molecule has 0 aromatic carbocycles. The average Bonchev–Trinajstić information content (AvgIpc) is 3.01. The molecular formula is C24H42N4O6S. The molecule has 1 fully saturated rings. The second kappa shape index (κ2) is 14.4. The van der Waals surface area contributed by atoms with Crippen molar-refractivity contribution in [1.82, 2.24) is 20.9 Å². The van der Waals surface area contributed by atoms with Crippen LogP contribution >= 0.6 is 11.8 Å². The van der Waals surface area contributed by atoms with Gasteiger partial charge in [0.15, 0.2) is 0 Å². The molecule has 10 nitrogen and oxygen atoms in total. The van der Waals surface area contributed by atoms with Gasteiger partial charge < -0.3 is 20.7 Å². The lowest BCUT2D eigenvalue weighted by atomic mass is 9.88. The Morgan fingerprint density at radius 1 is 1.06 bits per heavy atom. The molecular weight excluding hydrogens is 472 g/mol. The molecule has 1 heterocycles. The van der Waals surface area contributed by atoms with Crippen molar-refractivity contribution in [2.45, 2.75) is 78.1 Å². The molecule has 1 saturated heterocycles. The molecule has 1 aliphatic heterocycles. The van der Waals surface area contributed by atoms with E-state index in [9.17, 15) is 24.0 Å². The third-order valence-electron chi connectivity index (χ3n) is 5.78. The summed E-state index contributed by atoms with van der Waals surface area (Å²) in [6.07, 6.45) is 1.32. The Balaban J connectivity index is 2.31. The van der Waals surface area contributed by atoms with E-state index in [-0.39, 0.29) is 48.9 Å². The smallest absolute Gasteiger partial charge is 0.242 e. The van der Waals surface area contributed by atoms with Crippen LogP contribution in [-0.4, -0.2) is 83.8 Å². The van der Waals surface area contributed by atoms with Gasteiger partial charge in [-0.2, -0.15) is 0 Å². The topological polar surface area (TPSA) is 134 Å². The average molecular weight is 515 g/mol. The number of imide groups is 1. The minimum absolute atomic E-state index is 0.00135. The minimum Gasteiger partial charge on any atom is -0.375 e. The predicted octanol–water partition coefficient (Wildman–Crippen LogP) is 1.23. The minimum atomic E-state index is -0.520. The van der Waals surface area contributed by atoms with Crippen molar-refractivity contribution in [2.24, 2.45) is 5.41 Å². The summed E-state index contributed by atoms with van der Waals surface area (Å²) in [5, 5.41) is 7.85. The summed E-state index contributed by atoms with van der Waals surface area (Å²) < 4.78 is 5.96. The second-order valence-electron chi connectivity index (χ2n) is 9.88. The van der Waals surface area contributed by atoms with Crippen molar-refractivity contribution in [1.29, 1.82) is 0 Å². The molecule has 0 bridgehead atoms. The largest absolute Gasteiger partial charge is 0.375 e. The fraction of sp³-hybridized carbons (Fsp3) is 0.792. The second-order valence-corrected chi connectivity index (χ2v) is 11.2. The van der Waals surface area contributed by atoms with E-state index in [1.807, 2.05) is 34.6 Å². The van der Waals surface area contributed by atoms with Crippen LogP contribution in [0.2, 0.25) is 0 Å². The van der Waals surface area contributed by atoms with E-state index >= 15 is 0 Å². The third-order valence-corrected chi connectivity index (χ3v) is 6.99. The van der Waals surface area contributed by atoms with Crippen molar-refractivity contribution in [3.63, 3.8) is 0 Å². The van der Waals surface area contributed by atoms with E-state index in [1.54, 1.807) is 0 Å². The zero-order valence-corrected chi connectivity index (χ0v) is 22.8. The number of nitrogens with zero attached hydrogens (tertiary/aromatic N) is 1. The monoisotopic (exact) mass is 514 g/mol. The van der Waals surface area contributed by atoms with Gasteiger partial charge in [-0.1, -0.05) is 13.8 Å². The van der Waals surface area contributed by atoms with Crippen LogP contribution in [-0.2, 0) is 28.7 Å². The normalized spacial score (nSPS) is 16.4. The lowest BCUT2D eigenvalue weighted by molar-refractivity contribution is -0.138. The number of likely N-dealkylation sites (tertiary alicyclic amines) is 1. The molecule has 200 valence electrons. The van der Waals surface area contributed by atoms with Crippen molar-refractivity contribution in [2.75, 3.05) is 38.5 Å². The summed E-state index contributed by atoms with van der Waals surface area (Å²) in [7, 11) is 0. The van der Waals surface area contributed by atoms with E-state index in [2.05, 4.69) is 16.0 Å². The van der Waals surface area contributed by atoms with Crippen LogP contribution in [0.4, 0.5) is 0 Å². The molecule has 1 aliphatic rings. The highest BCUT2D eigenvalue weighted by atomic mass is 32.2. The van der Waals surface area contributed by atoms with Crippen LogP contribution in [0.1, 0.15) is 67.2 Å². The fourth-order valence-electron chi connectivity index (χ4n) is 3.42. The highest BCUT2D eigenvalue weighted by molar-refractivity contribution is 8.00.